The van der Waals surface area contributed by atoms with Crippen molar-refractivity contribution in [1.29, 1.82) is 0 Å². The molecule has 0 spiro atoms. The minimum absolute atomic E-state index is 0.0237. The molecule has 0 unspecified atom stereocenters. The van der Waals surface area contributed by atoms with Crippen molar-refractivity contribution in [2.24, 2.45) is 17.8 Å². The summed E-state index contributed by atoms with van der Waals surface area (Å²) in [6, 6.07) is 0. The Kier molecular flexibility index (Phi) is 14.1. The second-order valence-corrected chi connectivity index (χ2v) is 7.50. The molecule has 0 heterocycles. The zero-order valence-corrected chi connectivity index (χ0v) is 19.2. The van der Waals surface area contributed by atoms with E-state index in [0.29, 0.717) is 6.42 Å². The van der Waals surface area contributed by atoms with Gasteiger partial charge in [0, 0.05) is 38.4 Å². The number of hydrogen-bond donors (Lipinski definition) is 0. The first kappa shape index (κ1) is 27.1. The summed E-state index contributed by atoms with van der Waals surface area (Å²) in [4.78, 5) is 23.8. The van der Waals surface area contributed by atoms with Crippen LogP contribution in [0.15, 0.2) is 37.0 Å². The van der Waals surface area contributed by atoms with Gasteiger partial charge in [0.05, 0.1) is 6.10 Å². The molecule has 0 rings (SSSR count). The third kappa shape index (κ3) is 9.93. The molecule has 0 radical (unpaired) electrons. The number of carbonyl (C=O) groups is 2. The second-order valence-electron chi connectivity index (χ2n) is 7.50. The molecule has 0 aliphatic rings. The lowest BCUT2D eigenvalue weighted by atomic mass is 9.83. The summed E-state index contributed by atoms with van der Waals surface area (Å²) in [6.45, 7) is 15.0. The van der Waals surface area contributed by atoms with E-state index in [1.165, 1.54) is 6.92 Å². The summed E-state index contributed by atoms with van der Waals surface area (Å²) in [5.41, 5.74) is 0. The van der Waals surface area contributed by atoms with Crippen LogP contribution in [-0.4, -0.2) is 37.4 Å². The number of esters is 2. The minimum Gasteiger partial charge on any atom is -0.462 e. The highest BCUT2D eigenvalue weighted by Crippen LogP contribution is 2.30. The van der Waals surface area contributed by atoms with Crippen LogP contribution in [0, 0.1) is 17.8 Å². The van der Waals surface area contributed by atoms with E-state index >= 15 is 0 Å². The van der Waals surface area contributed by atoms with Crippen molar-refractivity contribution in [1.82, 2.24) is 0 Å². The minimum atomic E-state index is -0.475. The summed E-state index contributed by atoms with van der Waals surface area (Å²) < 4.78 is 17.1. The lowest BCUT2D eigenvalue weighted by Crippen LogP contribution is -2.41. The summed E-state index contributed by atoms with van der Waals surface area (Å²) >= 11 is 0. The SMILES string of the molecule is C=CC(=O)O[C@H](C[C@@H](OC(C)=O)[C@H](C)[C@H](OC)[C@@H](C)C/C=C/C)[C@@H](/C=C/C)CC. The van der Waals surface area contributed by atoms with Crippen molar-refractivity contribution in [2.45, 2.75) is 79.1 Å². The van der Waals surface area contributed by atoms with E-state index in [2.05, 4.69) is 19.6 Å². The van der Waals surface area contributed by atoms with Crippen LogP contribution in [0.5, 0.6) is 0 Å². The average molecular weight is 409 g/mol. The van der Waals surface area contributed by atoms with Crippen molar-refractivity contribution < 1.29 is 23.8 Å². The number of allylic oxidation sites excluding steroid dienone is 3. The zero-order valence-electron chi connectivity index (χ0n) is 19.2. The fourth-order valence-corrected chi connectivity index (χ4v) is 3.75. The molecule has 0 saturated heterocycles. The zero-order chi connectivity index (χ0) is 22.4. The highest BCUT2D eigenvalue weighted by molar-refractivity contribution is 5.81. The number of ether oxygens (including phenoxy) is 3. The van der Waals surface area contributed by atoms with Gasteiger partial charge in [-0.15, -0.1) is 0 Å². The lowest BCUT2D eigenvalue weighted by molar-refractivity contribution is -0.159. The molecule has 6 atom stereocenters. The Morgan fingerprint density at radius 3 is 2.17 bits per heavy atom. The smallest absolute Gasteiger partial charge is 0.330 e. The summed E-state index contributed by atoms with van der Waals surface area (Å²) in [5, 5.41) is 0. The van der Waals surface area contributed by atoms with Crippen LogP contribution >= 0.6 is 0 Å². The van der Waals surface area contributed by atoms with E-state index in [-0.39, 0.29) is 29.8 Å². The molecular formula is C24H40O5. The van der Waals surface area contributed by atoms with Crippen molar-refractivity contribution in [3.05, 3.63) is 37.0 Å². The first-order valence-corrected chi connectivity index (χ1v) is 10.5. The Morgan fingerprint density at radius 1 is 1.07 bits per heavy atom. The largest absolute Gasteiger partial charge is 0.462 e. The second kappa shape index (κ2) is 15.0. The van der Waals surface area contributed by atoms with E-state index in [0.717, 1.165) is 18.9 Å². The summed E-state index contributed by atoms with van der Waals surface area (Å²) in [6.07, 6.45) is 10.4. The standard InChI is InChI=1S/C24H40O5/c1-9-13-15-17(5)24(27-8)18(6)21(28-19(7)25)16-22(29-23(26)12-4)20(11-3)14-10-2/h9-10,12-14,17-18,20-22,24H,4,11,15-16H2,1-3,5-8H3/b13-9+,14-10+/t17-,18-,20+,21+,22+,24+/m0/s1. The van der Waals surface area contributed by atoms with Gasteiger partial charge in [0.25, 0.3) is 0 Å². The molecular weight excluding hydrogens is 368 g/mol. The van der Waals surface area contributed by atoms with Crippen LogP contribution in [-0.2, 0) is 23.8 Å². The van der Waals surface area contributed by atoms with Crippen molar-refractivity contribution in [3.63, 3.8) is 0 Å². The van der Waals surface area contributed by atoms with Gasteiger partial charge in [-0.2, -0.15) is 0 Å². The molecule has 0 amide bonds. The quantitative estimate of drug-likeness (QED) is 0.223. The lowest BCUT2D eigenvalue weighted by Gasteiger charge is -2.35. The number of methoxy groups -OCH3 is 1. The topological polar surface area (TPSA) is 61.8 Å². The Bertz CT molecular complexity index is 551. The predicted octanol–water partition coefficient (Wildman–Crippen LogP) is 5.26. The number of carbonyl (C=O) groups excluding carboxylic acids is 2. The fraction of sp³-hybridized carbons (Fsp3) is 0.667. The van der Waals surface area contributed by atoms with Crippen LogP contribution < -0.4 is 0 Å². The van der Waals surface area contributed by atoms with E-state index in [1.807, 2.05) is 45.9 Å². The van der Waals surface area contributed by atoms with Crippen LogP contribution in [0.25, 0.3) is 0 Å². The summed E-state index contributed by atoms with van der Waals surface area (Å²) in [7, 11) is 1.68. The van der Waals surface area contributed by atoms with E-state index in [4.69, 9.17) is 14.2 Å². The Hall–Kier alpha value is -1.88. The first-order valence-electron chi connectivity index (χ1n) is 10.5. The van der Waals surface area contributed by atoms with Gasteiger partial charge in [0.15, 0.2) is 0 Å². The first-order chi connectivity index (χ1) is 13.7. The highest BCUT2D eigenvalue weighted by atomic mass is 16.6. The summed E-state index contributed by atoms with van der Waals surface area (Å²) in [5.74, 6) is -0.633. The number of hydrogen-bond acceptors (Lipinski definition) is 5. The molecule has 0 bridgehead atoms. The maximum Gasteiger partial charge on any atom is 0.330 e. The van der Waals surface area contributed by atoms with E-state index in [1.54, 1.807) is 7.11 Å². The van der Waals surface area contributed by atoms with Crippen molar-refractivity contribution in [3.8, 4) is 0 Å². The predicted molar refractivity (Wildman–Crippen MR) is 117 cm³/mol. The normalized spacial score (nSPS) is 18.0. The molecule has 0 aliphatic heterocycles. The Balaban J connectivity index is 5.72. The highest BCUT2D eigenvalue weighted by Gasteiger charge is 2.35. The van der Waals surface area contributed by atoms with Gasteiger partial charge in [-0.25, -0.2) is 4.79 Å². The van der Waals surface area contributed by atoms with E-state index in [9.17, 15) is 9.59 Å². The van der Waals surface area contributed by atoms with Crippen LogP contribution in [0.4, 0.5) is 0 Å². The van der Waals surface area contributed by atoms with Gasteiger partial charge in [0.2, 0.25) is 0 Å². The molecule has 0 N–H and O–H groups in total. The van der Waals surface area contributed by atoms with Gasteiger partial charge in [-0.3, -0.25) is 4.79 Å². The van der Waals surface area contributed by atoms with Crippen molar-refractivity contribution in [2.75, 3.05) is 7.11 Å². The molecule has 0 aliphatic carbocycles. The fourth-order valence-electron chi connectivity index (χ4n) is 3.75. The van der Waals surface area contributed by atoms with Gasteiger partial charge < -0.3 is 14.2 Å². The number of rotatable bonds is 14. The molecule has 0 fully saturated rings. The molecule has 0 aromatic rings. The molecule has 0 aromatic heterocycles. The average Bonchev–Trinajstić information content (AvgIpc) is 2.69. The van der Waals surface area contributed by atoms with Crippen molar-refractivity contribution >= 4 is 11.9 Å². The maximum absolute atomic E-state index is 11.9. The van der Waals surface area contributed by atoms with Crippen LogP contribution in [0.3, 0.4) is 0 Å². The molecule has 5 heteroatoms. The Labute approximate surface area is 177 Å². The molecule has 5 nitrogen and oxygen atoms in total. The Morgan fingerprint density at radius 2 is 1.72 bits per heavy atom. The molecule has 166 valence electrons. The van der Waals surface area contributed by atoms with Gasteiger partial charge >= 0.3 is 11.9 Å². The monoisotopic (exact) mass is 408 g/mol. The van der Waals surface area contributed by atoms with E-state index < -0.39 is 18.2 Å². The van der Waals surface area contributed by atoms with Gasteiger partial charge in [0.1, 0.15) is 12.2 Å². The van der Waals surface area contributed by atoms with Crippen LogP contribution in [0.2, 0.25) is 0 Å². The molecule has 0 aromatic carbocycles. The van der Waals surface area contributed by atoms with Gasteiger partial charge in [-0.05, 0) is 32.6 Å². The van der Waals surface area contributed by atoms with Gasteiger partial charge in [-0.1, -0.05) is 51.7 Å². The third-order valence-corrected chi connectivity index (χ3v) is 5.29. The maximum atomic E-state index is 11.9. The molecule has 29 heavy (non-hydrogen) atoms. The third-order valence-electron chi connectivity index (χ3n) is 5.29. The van der Waals surface area contributed by atoms with Crippen LogP contribution in [0.1, 0.15) is 60.8 Å². The molecule has 0 saturated carbocycles.